The lowest BCUT2D eigenvalue weighted by Crippen LogP contribution is -2.45. The Morgan fingerprint density at radius 2 is 2.32 bits per heavy atom. The van der Waals surface area contributed by atoms with Crippen LogP contribution in [0.4, 0.5) is 0 Å². The van der Waals surface area contributed by atoms with Crippen LogP contribution in [0, 0.1) is 17.3 Å². The van der Waals surface area contributed by atoms with Crippen molar-refractivity contribution >= 4 is 23.6 Å². The first kappa shape index (κ1) is 14.7. The second-order valence-electron chi connectivity index (χ2n) is 5.56. The maximum atomic E-state index is 12.3. The molecule has 2 saturated heterocycles. The highest BCUT2D eigenvalue weighted by Gasteiger charge is 2.55. The summed E-state index contributed by atoms with van der Waals surface area (Å²) in [5.74, 6) is -0.0552. The van der Waals surface area contributed by atoms with Gasteiger partial charge in [0.2, 0.25) is 5.91 Å². The minimum absolute atomic E-state index is 0.0538. The first-order chi connectivity index (χ1) is 9.01. The lowest BCUT2D eigenvalue weighted by molar-refractivity contribution is -0.157. The van der Waals surface area contributed by atoms with Crippen molar-refractivity contribution < 1.29 is 19.4 Å². The van der Waals surface area contributed by atoms with E-state index in [9.17, 15) is 14.7 Å². The van der Waals surface area contributed by atoms with E-state index < -0.39 is 11.4 Å². The van der Waals surface area contributed by atoms with Gasteiger partial charge in [-0.25, -0.2) is 0 Å². The summed E-state index contributed by atoms with van der Waals surface area (Å²) in [6.07, 6.45) is 2.48. The molecular weight excluding hydrogens is 266 g/mol. The quantitative estimate of drug-likeness (QED) is 0.833. The fourth-order valence-corrected chi connectivity index (χ4v) is 3.74. The number of thioether (sulfide) groups is 1. The number of fused-ring (bicyclic) bond motifs is 1. The van der Waals surface area contributed by atoms with Crippen molar-refractivity contribution in [3.8, 4) is 0 Å². The Bertz CT molecular complexity index is 376. The first-order valence-electron chi connectivity index (χ1n) is 6.60. The summed E-state index contributed by atoms with van der Waals surface area (Å²) in [4.78, 5) is 25.7. The smallest absolute Gasteiger partial charge is 0.311 e. The van der Waals surface area contributed by atoms with Gasteiger partial charge in [-0.1, -0.05) is 6.92 Å². The molecule has 6 heteroatoms. The number of carbonyl (C=O) groups is 2. The van der Waals surface area contributed by atoms with Crippen molar-refractivity contribution in [2.24, 2.45) is 17.3 Å². The highest BCUT2D eigenvalue weighted by molar-refractivity contribution is 7.98. The molecule has 2 rings (SSSR count). The van der Waals surface area contributed by atoms with Crippen molar-refractivity contribution in [3.63, 3.8) is 0 Å². The zero-order valence-corrected chi connectivity index (χ0v) is 12.2. The number of hydrogen-bond acceptors (Lipinski definition) is 4. The van der Waals surface area contributed by atoms with Gasteiger partial charge in [-0.05, 0) is 12.7 Å². The summed E-state index contributed by atoms with van der Waals surface area (Å²) in [7, 11) is 0. The standard InChI is InChI=1S/C13H21NO4S/c1-9(7-19-2)11(15)14-5-10-6-18-4-3-13(10,8-14)12(16)17/h9-10H,3-8H2,1-2H3,(H,16,17)/t9?,10-,13+/m0/s1. The molecule has 0 spiro atoms. The van der Waals surface area contributed by atoms with Crippen molar-refractivity contribution in [1.82, 2.24) is 4.90 Å². The molecule has 5 nitrogen and oxygen atoms in total. The number of amides is 1. The second-order valence-corrected chi connectivity index (χ2v) is 6.47. The van der Waals surface area contributed by atoms with Crippen LogP contribution in [0.1, 0.15) is 13.3 Å². The molecule has 0 bridgehead atoms. The molecule has 0 saturated carbocycles. The van der Waals surface area contributed by atoms with Crippen molar-refractivity contribution in [2.45, 2.75) is 13.3 Å². The Labute approximate surface area is 117 Å². The second kappa shape index (κ2) is 5.71. The summed E-state index contributed by atoms with van der Waals surface area (Å²) in [5, 5.41) is 9.54. The molecule has 0 aromatic heterocycles. The van der Waals surface area contributed by atoms with Crippen molar-refractivity contribution in [1.29, 1.82) is 0 Å². The molecule has 3 atom stereocenters. The summed E-state index contributed by atoms with van der Waals surface area (Å²) >= 11 is 1.64. The van der Waals surface area contributed by atoms with E-state index in [-0.39, 0.29) is 17.7 Å². The number of carboxylic acid groups (broad SMARTS) is 1. The molecule has 2 heterocycles. The Balaban J connectivity index is 2.11. The largest absolute Gasteiger partial charge is 0.481 e. The molecule has 19 heavy (non-hydrogen) atoms. The number of carboxylic acids is 1. The SMILES string of the molecule is CSCC(C)C(=O)N1C[C@H]2COCC[C@@]2(C(=O)O)C1. The van der Waals surface area contributed by atoms with Gasteiger partial charge in [-0.15, -0.1) is 0 Å². The van der Waals surface area contributed by atoms with E-state index >= 15 is 0 Å². The maximum absolute atomic E-state index is 12.3. The number of hydrogen-bond donors (Lipinski definition) is 1. The maximum Gasteiger partial charge on any atom is 0.311 e. The normalized spacial score (nSPS) is 31.9. The molecule has 2 aliphatic rings. The third-order valence-electron chi connectivity index (χ3n) is 4.28. The number of rotatable bonds is 4. The van der Waals surface area contributed by atoms with Crippen molar-refractivity contribution in [2.75, 3.05) is 38.3 Å². The number of ether oxygens (including phenoxy) is 1. The number of aliphatic carboxylic acids is 1. The number of nitrogens with zero attached hydrogens (tertiary/aromatic N) is 1. The van der Waals surface area contributed by atoms with E-state index in [1.807, 2.05) is 13.2 Å². The van der Waals surface area contributed by atoms with Crippen LogP contribution < -0.4 is 0 Å². The average molecular weight is 287 g/mol. The highest BCUT2D eigenvalue weighted by Crippen LogP contribution is 2.42. The lowest BCUT2D eigenvalue weighted by atomic mass is 9.74. The van der Waals surface area contributed by atoms with E-state index in [2.05, 4.69) is 0 Å². The summed E-state index contributed by atoms with van der Waals surface area (Å²) in [6.45, 7) is 3.70. The average Bonchev–Trinajstić information content (AvgIpc) is 2.78. The molecule has 0 aromatic rings. The third-order valence-corrected chi connectivity index (χ3v) is 5.12. The molecule has 0 aliphatic carbocycles. The molecule has 2 fully saturated rings. The van der Waals surface area contributed by atoms with Gasteiger partial charge in [-0.3, -0.25) is 9.59 Å². The van der Waals surface area contributed by atoms with E-state index in [0.717, 1.165) is 5.75 Å². The fraction of sp³-hybridized carbons (Fsp3) is 0.846. The minimum Gasteiger partial charge on any atom is -0.481 e. The van der Waals surface area contributed by atoms with Crippen LogP contribution in [0.15, 0.2) is 0 Å². The van der Waals surface area contributed by atoms with Crippen LogP contribution in [0.25, 0.3) is 0 Å². The van der Waals surface area contributed by atoms with Gasteiger partial charge < -0.3 is 14.7 Å². The Kier molecular flexibility index (Phi) is 4.40. The minimum atomic E-state index is -0.785. The lowest BCUT2D eigenvalue weighted by Gasteiger charge is -2.33. The van der Waals surface area contributed by atoms with E-state index in [4.69, 9.17) is 4.74 Å². The molecule has 1 amide bonds. The van der Waals surface area contributed by atoms with E-state index in [1.54, 1.807) is 16.7 Å². The van der Waals surface area contributed by atoms with Gasteiger partial charge in [0.05, 0.1) is 12.0 Å². The zero-order valence-electron chi connectivity index (χ0n) is 11.4. The predicted octanol–water partition coefficient (Wildman–Crippen LogP) is 0.935. The molecular formula is C13H21NO4S. The number of carbonyl (C=O) groups excluding carboxylic acids is 1. The molecule has 2 aliphatic heterocycles. The topological polar surface area (TPSA) is 66.8 Å². The third kappa shape index (κ3) is 2.60. The summed E-state index contributed by atoms with van der Waals surface area (Å²) < 4.78 is 5.39. The van der Waals surface area contributed by atoms with Crippen LogP contribution in [0.5, 0.6) is 0 Å². The van der Waals surface area contributed by atoms with Gasteiger partial charge in [0.1, 0.15) is 0 Å². The molecule has 1 N–H and O–H groups in total. The fourth-order valence-electron chi connectivity index (χ4n) is 3.10. The van der Waals surface area contributed by atoms with Gasteiger partial charge >= 0.3 is 5.97 Å². The van der Waals surface area contributed by atoms with Crippen LogP contribution in [-0.4, -0.2) is 60.2 Å². The van der Waals surface area contributed by atoms with Crippen LogP contribution in [0.2, 0.25) is 0 Å². The van der Waals surface area contributed by atoms with Crippen LogP contribution >= 0.6 is 11.8 Å². The van der Waals surface area contributed by atoms with Crippen LogP contribution in [-0.2, 0) is 14.3 Å². The number of likely N-dealkylation sites (tertiary alicyclic amines) is 1. The van der Waals surface area contributed by atoms with Crippen LogP contribution in [0.3, 0.4) is 0 Å². The van der Waals surface area contributed by atoms with E-state index in [1.165, 1.54) is 0 Å². The molecule has 108 valence electrons. The zero-order chi connectivity index (χ0) is 14.0. The first-order valence-corrected chi connectivity index (χ1v) is 7.99. The van der Waals surface area contributed by atoms with E-state index in [0.29, 0.717) is 32.7 Å². The Morgan fingerprint density at radius 3 is 2.89 bits per heavy atom. The highest BCUT2D eigenvalue weighted by atomic mass is 32.2. The van der Waals surface area contributed by atoms with Gasteiger partial charge in [0.25, 0.3) is 0 Å². The van der Waals surface area contributed by atoms with Crippen molar-refractivity contribution in [3.05, 3.63) is 0 Å². The Hall–Kier alpha value is -0.750. The molecule has 0 aromatic carbocycles. The monoisotopic (exact) mass is 287 g/mol. The van der Waals surface area contributed by atoms with Gasteiger partial charge in [0.15, 0.2) is 0 Å². The molecule has 1 unspecified atom stereocenters. The molecule has 0 radical (unpaired) electrons. The predicted molar refractivity (Wildman–Crippen MR) is 73.1 cm³/mol. The summed E-state index contributed by atoms with van der Waals surface area (Å²) in [5.41, 5.74) is -0.785. The van der Waals surface area contributed by atoms with Gasteiger partial charge in [-0.2, -0.15) is 11.8 Å². The van der Waals surface area contributed by atoms with Gasteiger partial charge in [0, 0.05) is 37.3 Å². The summed E-state index contributed by atoms with van der Waals surface area (Å²) in [6, 6.07) is 0. The Morgan fingerprint density at radius 1 is 1.58 bits per heavy atom.